The molecule has 0 aliphatic carbocycles. The molecule has 0 saturated heterocycles. The minimum absolute atomic E-state index is 0.640. The lowest BCUT2D eigenvalue weighted by Gasteiger charge is -2.09. The van der Waals surface area contributed by atoms with Crippen molar-refractivity contribution >= 4 is 23.5 Å². The molecule has 0 amide bonds. The number of rotatable bonds is 3. The van der Waals surface area contributed by atoms with E-state index < -0.39 is 0 Å². The minimum atomic E-state index is 0.640. The highest BCUT2D eigenvalue weighted by atomic mass is 32.2. The lowest BCUT2D eigenvalue weighted by atomic mass is 10.1. The molecule has 0 saturated carbocycles. The maximum Gasteiger partial charge on any atom is 0.142 e. The molecule has 17 heavy (non-hydrogen) atoms. The molecule has 0 bridgehead atoms. The summed E-state index contributed by atoms with van der Waals surface area (Å²) < 4.78 is 0. The number of aromatic nitrogens is 2. The van der Waals surface area contributed by atoms with Crippen molar-refractivity contribution in [1.82, 2.24) is 10.2 Å². The van der Waals surface area contributed by atoms with Crippen molar-refractivity contribution in [2.45, 2.75) is 5.03 Å². The van der Waals surface area contributed by atoms with Crippen LogP contribution in [0.3, 0.4) is 0 Å². The van der Waals surface area contributed by atoms with Crippen molar-refractivity contribution in [2.24, 2.45) is 0 Å². The second kappa shape index (κ2) is 5.01. The van der Waals surface area contributed by atoms with E-state index in [1.54, 1.807) is 6.08 Å². The topological polar surface area (TPSA) is 51.8 Å². The van der Waals surface area contributed by atoms with E-state index in [0.717, 1.165) is 21.8 Å². The second-order valence-corrected chi connectivity index (χ2v) is 4.25. The van der Waals surface area contributed by atoms with Crippen molar-refractivity contribution < 1.29 is 0 Å². The number of nitrogens with zero attached hydrogens (tertiary/aromatic N) is 2. The Hall–Kier alpha value is -1.81. The molecule has 0 unspecified atom stereocenters. The van der Waals surface area contributed by atoms with Gasteiger partial charge in [-0.15, -0.1) is 22.0 Å². The van der Waals surface area contributed by atoms with Crippen molar-refractivity contribution in [3.05, 3.63) is 42.5 Å². The Morgan fingerprint density at radius 1 is 1.24 bits per heavy atom. The largest absolute Gasteiger partial charge is 0.396 e. The fraction of sp³-hybridized carbons (Fsp3) is 0.0769. The first kappa shape index (κ1) is 11.7. The second-order valence-electron chi connectivity index (χ2n) is 3.46. The maximum atomic E-state index is 6.05. The Kier molecular flexibility index (Phi) is 3.44. The summed E-state index contributed by atoms with van der Waals surface area (Å²) in [6.07, 6.45) is 3.65. The zero-order valence-corrected chi connectivity index (χ0v) is 10.4. The molecule has 0 radical (unpaired) electrons. The third-order valence-electron chi connectivity index (χ3n) is 2.46. The van der Waals surface area contributed by atoms with Crippen LogP contribution in [0.4, 0.5) is 5.69 Å². The molecule has 3 nitrogen and oxygen atoms in total. The van der Waals surface area contributed by atoms with Crippen molar-refractivity contribution in [3.63, 3.8) is 0 Å². The van der Waals surface area contributed by atoms with E-state index in [1.165, 1.54) is 11.8 Å². The number of hydrogen-bond acceptors (Lipinski definition) is 4. The summed E-state index contributed by atoms with van der Waals surface area (Å²) in [4.78, 5) is 0. The number of nitrogens with two attached hydrogens (primary N) is 1. The fourth-order valence-corrected chi connectivity index (χ4v) is 2.06. The van der Waals surface area contributed by atoms with Gasteiger partial charge in [0.2, 0.25) is 0 Å². The standard InChI is InChI=1S/C13H13N3S/c1-3-10-11(14)13(17-2)16-15-12(10)9-7-5-4-6-8-9/h3-8H,1H2,2H3,(H2,14,15). The van der Waals surface area contributed by atoms with Gasteiger partial charge in [-0.25, -0.2) is 0 Å². The van der Waals surface area contributed by atoms with E-state index in [2.05, 4.69) is 16.8 Å². The van der Waals surface area contributed by atoms with Gasteiger partial charge in [-0.3, -0.25) is 0 Å². The van der Waals surface area contributed by atoms with Crippen LogP contribution in [-0.4, -0.2) is 16.5 Å². The zero-order valence-electron chi connectivity index (χ0n) is 9.55. The van der Waals surface area contributed by atoms with Gasteiger partial charge in [0.15, 0.2) is 0 Å². The fourth-order valence-electron chi connectivity index (χ4n) is 1.61. The maximum absolute atomic E-state index is 6.05. The van der Waals surface area contributed by atoms with Crippen molar-refractivity contribution in [2.75, 3.05) is 12.0 Å². The highest BCUT2D eigenvalue weighted by Gasteiger charge is 2.12. The molecule has 2 aromatic rings. The molecule has 1 heterocycles. The summed E-state index contributed by atoms with van der Waals surface area (Å²) in [5.41, 5.74) is 9.30. The van der Waals surface area contributed by atoms with Gasteiger partial charge >= 0.3 is 0 Å². The number of benzene rings is 1. The minimum Gasteiger partial charge on any atom is -0.396 e. The molecule has 2 rings (SSSR count). The van der Waals surface area contributed by atoms with Crippen LogP contribution in [0.1, 0.15) is 5.56 Å². The highest BCUT2D eigenvalue weighted by Crippen LogP contribution is 2.30. The van der Waals surface area contributed by atoms with Gasteiger partial charge in [-0.1, -0.05) is 43.0 Å². The van der Waals surface area contributed by atoms with Gasteiger partial charge in [0.25, 0.3) is 0 Å². The van der Waals surface area contributed by atoms with Crippen LogP contribution >= 0.6 is 11.8 Å². The Morgan fingerprint density at radius 3 is 2.53 bits per heavy atom. The van der Waals surface area contributed by atoms with Crippen LogP contribution in [-0.2, 0) is 0 Å². The number of nitrogen functional groups attached to an aromatic ring is 1. The lowest BCUT2D eigenvalue weighted by Crippen LogP contribution is -2.01. The quantitative estimate of drug-likeness (QED) is 0.842. The van der Waals surface area contributed by atoms with E-state index >= 15 is 0 Å². The lowest BCUT2D eigenvalue weighted by molar-refractivity contribution is 0.941. The van der Waals surface area contributed by atoms with Gasteiger partial charge in [0, 0.05) is 11.1 Å². The number of anilines is 1. The molecule has 0 spiro atoms. The molecule has 2 N–H and O–H groups in total. The first-order valence-electron chi connectivity index (χ1n) is 5.16. The predicted octanol–water partition coefficient (Wildman–Crippen LogP) is 3.09. The van der Waals surface area contributed by atoms with E-state index in [-0.39, 0.29) is 0 Å². The molecular weight excluding hydrogens is 230 g/mol. The molecule has 86 valence electrons. The number of hydrogen-bond donors (Lipinski definition) is 1. The van der Waals surface area contributed by atoms with Gasteiger partial charge < -0.3 is 5.73 Å². The third-order valence-corrected chi connectivity index (χ3v) is 3.15. The molecule has 0 fully saturated rings. The molecule has 0 atom stereocenters. The van der Waals surface area contributed by atoms with E-state index in [9.17, 15) is 0 Å². The Morgan fingerprint density at radius 2 is 1.94 bits per heavy atom. The molecule has 0 aliphatic rings. The normalized spacial score (nSPS) is 10.2. The number of thioether (sulfide) groups is 1. The average molecular weight is 243 g/mol. The van der Waals surface area contributed by atoms with Crippen LogP contribution in [0.15, 0.2) is 41.9 Å². The Balaban J connectivity index is 2.64. The first-order chi connectivity index (χ1) is 8.27. The van der Waals surface area contributed by atoms with Gasteiger partial charge in [0.1, 0.15) is 10.7 Å². The predicted molar refractivity (Wildman–Crippen MR) is 73.8 cm³/mol. The van der Waals surface area contributed by atoms with Gasteiger partial charge in [-0.2, -0.15) is 0 Å². The summed E-state index contributed by atoms with van der Waals surface area (Å²) >= 11 is 1.48. The van der Waals surface area contributed by atoms with Crippen LogP contribution in [0.2, 0.25) is 0 Å². The molecule has 1 aromatic heterocycles. The van der Waals surface area contributed by atoms with E-state index in [4.69, 9.17) is 5.73 Å². The smallest absolute Gasteiger partial charge is 0.142 e. The SMILES string of the molecule is C=Cc1c(-c2ccccc2)nnc(SC)c1N. The van der Waals surface area contributed by atoms with Crippen molar-refractivity contribution in [1.29, 1.82) is 0 Å². The van der Waals surface area contributed by atoms with Crippen LogP contribution in [0.25, 0.3) is 17.3 Å². The summed E-state index contributed by atoms with van der Waals surface area (Å²) in [6.45, 7) is 3.80. The van der Waals surface area contributed by atoms with Crippen LogP contribution in [0.5, 0.6) is 0 Å². The Bertz CT molecular complexity index is 538. The van der Waals surface area contributed by atoms with Crippen LogP contribution in [0, 0.1) is 0 Å². The van der Waals surface area contributed by atoms with Crippen molar-refractivity contribution in [3.8, 4) is 11.3 Å². The molecule has 0 aliphatic heterocycles. The third kappa shape index (κ3) is 2.17. The van der Waals surface area contributed by atoms with E-state index in [1.807, 2.05) is 36.6 Å². The first-order valence-corrected chi connectivity index (χ1v) is 6.38. The summed E-state index contributed by atoms with van der Waals surface area (Å²) in [7, 11) is 0. The van der Waals surface area contributed by atoms with Gasteiger partial charge in [-0.05, 0) is 6.26 Å². The average Bonchev–Trinajstić information content (AvgIpc) is 2.39. The summed E-state index contributed by atoms with van der Waals surface area (Å²) in [5.74, 6) is 0. The highest BCUT2D eigenvalue weighted by molar-refractivity contribution is 7.98. The molecule has 4 heteroatoms. The van der Waals surface area contributed by atoms with Gasteiger partial charge in [0.05, 0.1) is 5.69 Å². The Labute approximate surface area is 105 Å². The summed E-state index contributed by atoms with van der Waals surface area (Å²) in [5, 5.41) is 9.09. The monoisotopic (exact) mass is 243 g/mol. The molecular formula is C13H13N3S. The van der Waals surface area contributed by atoms with Crippen LogP contribution < -0.4 is 5.73 Å². The molecule has 1 aromatic carbocycles. The summed E-state index contributed by atoms with van der Waals surface area (Å²) in [6, 6.07) is 9.85. The van der Waals surface area contributed by atoms with E-state index in [0.29, 0.717) is 5.69 Å². The zero-order chi connectivity index (χ0) is 12.3.